The molecule has 1 heterocycles. The van der Waals surface area contributed by atoms with Gasteiger partial charge in [-0.3, -0.25) is 4.79 Å². The van der Waals surface area contributed by atoms with Crippen LogP contribution in [0.1, 0.15) is 15.9 Å². The van der Waals surface area contributed by atoms with Crippen LogP contribution < -0.4 is 4.74 Å². The van der Waals surface area contributed by atoms with Crippen LogP contribution in [-0.2, 0) is 0 Å². The predicted molar refractivity (Wildman–Crippen MR) is 91.9 cm³/mol. The molecule has 1 aliphatic heterocycles. The first kappa shape index (κ1) is 13.8. The summed E-state index contributed by atoms with van der Waals surface area (Å²) in [5, 5.41) is 0. The molecule has 3 aromatic carbocycles. The number of fused-ring (bicyclic) bond motifs is 3. The van der Waals surface area contributed by atoms with E-state index in [1.54, 1.807) is 0 Å². The second-order valence-electron chi connectivity index (χ2n) is 5.84. The lowest BCUT2D eigenvalue weighted by atomic mass is 9.92. The van der Waals surface area contributed by atoms with Gasteiger partial charge in [0.1, 0.15) is 5.75 Å². The number of carbonyl (C=O) groups excluding carboxylic acids is 1. The van der Waals surface area contributed by atoms with E-state index in [4.69, 9.17) is 4.74 Å². The SMILES string of the molecule is Cc1ccc2c(c1)-c1ccc(-c3ccccc3)cc1C(=O)CO2. The first-order chi connectivity index (χ1) is 11.2. The van der Waals surface area contributed by atoms with Crippen LogP contribution in [0.25, 0.3) is 22.3 Å². The number of ketones is 1. The maximum Gasteiger partial charge on any atom is 0.200 e. The van der Waals surface area contributed by atoms with E-state index >= 15 is 0 Å². The van der Waals surface area contributed by atoms with E-state index < -0.39 is 0 Å². The van der Waals surface area contributed by atoms with Gasteiger partial charge in [0.2, 0.25) is 5.78 Å². The van der Waals surface area contributed by atoms with Crippen LogP contribution in [0.3, 0.4) is 0 Å². The minimum atomic E-state index is 0.0200. The minimum absolute atomic E-state index is 0.0200. The van der Waals surface area contributed by atoms with Gasteiger partial charge in [-0.25, -0.2) is 0 Å². The lowest BCUT2D eigenvalue weighted by Crippen LogP contribution is -2.09. The Morgan fingerprint density at radius 3 is 2.43 bits per heavy atom. The van der Waals surface area contributed by atoms with Crippen molar-refractivity contribution in [1.82, 2.24) is 0 Å². The highest BCUT2D eigenvalue weighted by Gasteiger charge is 2.21. The van der Waals surface area contributed by atoms with Gasteiger partial charge in [0.15, 0.2) is 6.61 Å². The molecule has 0 amide bonds. The van der Waals surface area contributed by atoms with Crippen molar-refractivity contribution < 1.29 is 9.53 Å². The van der Waals surface area contributed by atoms with E-state index in [-0.39, 0.29) is 12.4 Å². The summed E-state index contributed by atoms with van der Waals surface area (Å²) in [6.45, 7) is 2.13. The third-order valence-corrected chi connectivity index (χ3v) is 4.21. The van der Waals surface area contributed by atoms with E-state index in [1.165, 1.54) is 0 Å². The standard InChI is InChI=1S/C21H16O2/c1-14-7-10-21-19(11-14)17-9-8-16(15-5-3-2-4-6-15)12-18(17)20(22)13-23-21/h2-12H,13H2,1H3. The average molecular weight is 300 g/mol. The van der Waals surface area contributed by atoms with E-state index in [1.807, 2.05) is 49.4 Å². The predicted octanol–water partition coefficient (Wildman–Crippen LogP) is 4.90. The van der Waals surface area contributed by atoms with Crippen molar-refractivity contribution in [2.24, 2.45) is 0 Å². The number of rotatable bonds is 1. The lowest BCUT2D eigenvalue weighted by Gasteiger charge is -2.10. The van der Waals surface area contributed by atoms with E-state index in [9.17, 15) is 4.79 Å². The molecule has 0 aliphatic carbocycles. The van der Waals surface area contributed by atoms with Crippen LogP contribution in [0.15, 0.2) is 66.7 Å². The van der Waals surface area contributed by atoms with Gasteiger partial charge in [0.05, 0.1) is 0 Å². The van der Waals surface area contributed by atoms with Crippen molar-refractivity contribution in [1.29, 1.82) is 0 Å². The molecule has 0 saturated carbocycles. The van der Waals surface area contributed by atoms with Gasteiger partial charge < -0.3 is 4.74 Å². The molecule has 1 aliphatic rings. The van der Waals surface area contributed by atoms with Crippen LogP contribution in [0.2, 0.25) is 0 Å². The molecule has 0 saturated heterocycles. The largest absolute Gasteiger partial charge is 0.485 e. The zero-order valence-electron chi connectivity index (χ0n) is 12.9. The fourth-order valence-corrected chi connectivity index (χ4v) is 3.02. The number of hydrogen-bond acceptors (Lipinski definition) is 2. The number of aryl methyl sites for hydroxylation is 1. The molecule has 0 unspecified atom stereocenters. The van der Waals surface area contributed by atoms with Crippen LogP contribution >= 0.6 is 0 Å². The molecule has 0 bridgehead atoms. The van der Waals surface area contributed by atoms with Gasteiger partial charge in [-0.1, -0.05) is 54.1 Å². The third-order valence-electron chi connectivity index (χ3n) is 4.21. The monoisotopic (exact) mass is 300 g/mol. The normalized spacial score (nSPS) is 12.8. The highest BCUT2D eigenvalue weighted by Crippen LogP contribution is 2.37. The van der Waals surface area contributed by atoms with Crippen LogP contribution in [0, 0.1) is 6.92 Å². The summed E-state index contributed by atoms with van der Waals surface area (Å²) in [4.78, 5) is 12.5. The average Bonchev–Trinajstić information content (AvgIpc) is 2.73. The molecule has 23 heavy (non-hydrogen) atoms. The van der Waals surface area contributed by atoms with Gasteiger partial charge in [-0.15, -0.1) is 0 Å². The Hall–Kier alpha value is -2.87. The smallest absolute Gasteiger partial charge is 0.200 e. The van der Waals surface area contributed by atoms with Crippen molar-refractivity contribution >= 4 is 5.78 Å². The Morgan fingerprint density at radius 2 is 1.61 bits per heavy atom. The zero-order chi connectivity index (χ0) is 15.8. The highest BCUT2D eigenvalue weighted by molar-refractivity contribution is 6.06. The van der Waals surface area contributed by atoms with Crippen molar-refractivity contribution in [2.45, 2.75) is 6.92 Å². The first-order valence-electron chi connectivity index (χ1n) is 7.69. The van der Waals surface area contributed by atoms with Gasteiger partial charge in [0.25, 0.3) is 0 Å². The summed E-state index contributed by atoms with van der Waals surface area (Å²) in [7, 11) is 0. The van der Waals surface area contributed by atoms with Crippen LogP contribution in [0.4, 0.5) is 0 Å². The highest BCUT2D eigenvalue weighted by atomic mass is 16.5. The van der Waals surface area contributed by atoms with Gasteiger partial charge in [-0.05, 0) is 41.8 Å². The van der Waals surface area contributed by atoms with E-state index in [0.717, 1.165) is 39.1 Å². The third kappa shape index (κ3) is 2.42. The van der Waals surface area contributed by atoms with Gasteiger partial charge >= 0.3 is 0 Å². The molecule has 4 rings (SSSR count). The topological polar surface area (TPSA) is 26.3 Å². The number of ether oxygens (including phenoxy) is 1. The van der Waals surface area contributed by atoms with Crippen LogP contribution in [-0.4, -0.2) is 12.4 Å². The summed E-state index contributed by atoms with van der Waals surface area (Å²) in [6, 6.07) is 22.2. The summed E-state index contributed by atoms with van der Waals surface area (Å²) >= 11 is 0. The van der Waals surface area contributed by atoms with Crippen LogP contribution in [0.5, 0.6) is 5.75 Å². The summed E-state index contributed by atoms with van der Waals surface area (Å²) in [5.74, 6) is 0.793. The van der Waals surface area contributed by atoms with Gasteiger partial charge in [0, 0.05) is 11.1 Å². The molecule has 0 N–H and O–H groups in total. The molecule has 0 spiro atoms. The molecule has 0 fully saturated rings. The Kier molecular flexibility index (Phi) is 3.23. The summed E-state index contributed by atoms with van der Waals surface area (Å²) < 4.78 is 5.69. The molecule has 0 radical (unpaired) electrons. The number of Topliss-reactive ketones (excluding diaryl/α,β-unsaturated/α-hetero) is 1. The van der Waals surface area contributed by atoms with Crippen molar-refractivity contribution in [2.75, 3.05) is 6.61 Å². The fraction of sp³-hybridized carbons (Fsp3) is 0.0952. The number of carbonyl (C=O) groups is 1. The fourth-order valence-electron chi connectivity index (χ4n) is 3.02. The van der Waals surface area contributed by atoms with Crippen molar-refractivity contribution in [3.05, 3.63) is 77.9 Å². The lowest BCUT2D eigenvalue weighted by molar-refractivity contribution is 0.0926. The van der Waals surface area contributed by atoms with E-state index in [0.29, 0.717) is 0 Å². The molecule has 2 nitrogen and oxygen atoms in total. The van der Waals surface area contributed by atoms with Crippen molar-refractivity contribution in [3.8, 4) is 28.0 Å². The second-order valence-corrected chi connectivity index (χ2v) is 5.84. The summed E-state index contributed by atoms with van der Waals surface area (Å²) in [6.07, 6.45) is 0. The maximum atomic E-state index is 12.5. The van der Waals surface area contributed by atoms with Gasteiger partial charge in [-0.2, -0.15) is 0 Å². The minimum Gasteiger partial charge on any atom is -0.485 e. The Labute approximate surface area is 135 Å². The molecule has 3 aromatic rings. The second kappa shape index (κ2) is 5.40. The molecule has 112 valence electrons. The molecular weight excluding hydrogens is 284 g/mol. The molecule has 0 atom stereocenters. The Bertz CT molecular complexity index is 895. The number of benzene rings is 3. The molecule has 0 aromatic heterocycles. The summed E-state index contributed by atoms with van der Waals surface area (Å²) in [5.41, 5.74) is 5.98. The zero-order valence-corrected chi connectivity index (χ0v) is 12.9. The quantitative estimate of drug-likeness (QED) is 0.638. The maximum absolute atomic E-state index is 12.5. The Balaban J connectivity index is 1.92. The molecular formula is C21H16O2. The first-order valence-corrected chi connectivity index (χ1v) is 7.69. The van der Waals surface area contributed by atoms with Crippen molar-refractivity contribution in [3.63, 3.8) is 0 Å². The van der Waals surface area contributed by atoms with E-state index in [2.05, 4.69) is 24.3 Å². The molecule has 2 heteroatoms. The Morgan fingerprint density at radius 1 is 0.783 bits per heavy atom. The number of hydrogen-bond donors (Lipinski definition) is 0.